The summed E-state index contributed by atoms with van der Waals surface area (Å²) >= 11 is 0. The summed E-state index contributed by atoms with van der Waals surface area (Å²) in [5.41, 5.74) is 0.858. The number of hydrogen-bond acceptors (Lipinski definition) is 4. The Morgan fingerprint density at radius 2 is 2.21 bits per heavy atom. The number of halogens is 2. The van der Waals surface area contributed by atoms with Crippen molar-refractivity contribution < 1.29 is 27.8 Å². The van der Waals surface area contributed by atoms with Gasteiger partial charge in [0.1, 0.15) is 11.9 Å². The Balaban J connectivity index is 1.93. The summed E-state index contributed by atoms with van der Waals surface area (Å²) in [7, 11) is 0. The first kappa shape index (κ1) is 18.6. The second-order valence-corrected chi connectivity index (χ2v) is 5.78. The summed E-state index contributed by atoms with van der Waals surface area (Å²) < 4.78 is 40.5. The van der Waals surface area contributed by atoms with Crippen LogP contribution in [0.4, 0.5) is 14.5 Å². The number of amides is 1. The van der Waals surface area contributed by atoms with Crippen LogP contribution in [0.5, 0.6) is 5.75 Å². The van der Waals surface area contributed by atoms with Gasteiger partial charge in [-0.15, -0.1) is 0 Å². The minimum absolute atomic E-state index is 0.00480. The minimum Gasteiger partial charge on any atom is -0.433 e. The van der Waals surface area contributed by atoms with Crippen LogP contribution in [0.2, 0.25) is 0 Å². The lowest BCUT2D eigenvalue weighted by atomic mass is 10.1. The molecule has 1 aliphatic heterocycles. The summed E-state index contributed by atoms with van der Waals surface area (Å²) in [6.07, 6.45) is 2.33. The van der Waals surface area contributed by atoms with Crippen LogP contribution in [0.1, 0.15) is 31.7 Å². The third-order valence-electron chi connectivity index (χ3n) is 3.87. The number of hydrogen-bond donors (Lipinski definition) is 1. The second-order valence-electron chi connectivity index (χ2n) is 5.78. The molecule has 0 spiro atoms. The number of benzene rings is 1. The highest BCUT2D eigenvalue weighted by Gasteiger charge is 2.21. The molecule has 1 aliphatic rings. The molecule has 2 rings (SSSR count). The molecule has 1 N–H and O–H groups in total. The van der Waals surface area contributed by atoms with Crippen LogP contribution < -0.4 is 10.1 Å². The van der Waals surface area contributed by atoms with Crippen LogP contribution in [0.15, 0.2) is 18.2 Å². The van der Waals surface area contributed by atoms with Gasteiger partial charge in [0.2, 0.25) is 0 Å². The molecule has 7 heteroatoms. The van der Waals surface area contributed by atoms with E-state index >= 15 is 0 Å². The summed E-state index contributed by atoms with van der Waals surface area (Å²) in [6, 6.07) is 4.68. The van der Waals surface area contributed by atoms with E-state index < -0.39 is 18.6 Å². The van der Waals surface area contributed by atoms with E-state index in [1.807, 2.05) is 0 Å². The number of anilines is 1. The largest absolute Gasteiger partial charge is 0.433 e. The molecule has 134 valence electrons. The molecule has 1 aromatic rings. The van der Waals surface area contributed by atoms with E-state index in [1.165, 1.54) is 6.07 Å². The average Bonchev–Trinajstić information content (AvgIpc) is 2.56. The highest BCUT2D eigenvalue weighted by atomic mass is 19.3. The maximum atomic E-state index is 12.5. The maximum Gasteiger partial charge on any atom is 0.387 e. The van der Waals surface area contributed by atoms with E-state index in [4.69, 9.17) is 9.47 Å². The Labute approximate surface area is 140 Å². The molecule has 0 aromatic heterocycles. The van der Waals surface area contributed by atoms with Crippen molar-refractivity contribution in [2.45, 2.75) is 51.9 Å². The molecule has 2 atom stereocenters. The van der Waals surface area contributed by atoms with Gasteiger partial charge in [-0.25, -0.2) is 0 Å². The fourth-order valence-corrected chi connectivity index (χ4v) is 2.49. The van der Waals surface area contributed by atoms with Gasteiger partial charge in [0.05, 0.1) is 18.4 Å². The lowest BCUT2D eigenvalue weighted by Gasteiger charge is -2.24. The van der Waals surface area contributed by atoms with Crippen LogP contribution in [-0.4, -0.2) is 37.9 Å². The topological polar surface area (TPSA) is 56.8 Å². The SMILES string of the molecule is Cc1cccc(OC(F)F)c1NC(=O)C(C)OCC1CCCCO1. The predicted octanol–water partition coefficient (Wildman–Crippen LogP) is 3.51. The van der Waals surface area contributed by atoms with Crippen molar-refractivity contribution in [1.29, 1.82) is 0 Å². The molecule has 5 nitrogen and oxygen atoms in total. The summed E-state index contributed by atoms with van der Waals surface area (Å²) in [5.74, 6) is -0.486. The van der Waals surface area contributed by atoms with Crippen molar-refractivity contribution in [1.82, 2.24) is 0 Å². The van der Waals surface area contributed by atoms with Crippen molar-refractivity contribution in [2.24, 2.45) is 0 Å². The fraction of sp³-hybridized carbons (Fsp3) is 0.588. The molecular formula is C17H23F2NO4. The zero-order valence-corrected chi connectivity index (χ0v) is 13.9. The monoisotopic (exact) mass is 343 g/mol. The summed E-state index contributed by atoms with van der Waals surface area (Å²) in [6.45, 7) is 1.41. The van der Waals surface area contributed by atoms with E-state index in [-0.39, 0.29) is 17.5 Å². The molecule has 0 aliphatic carbocycles. The molecule has 0 saturated carbocycles. The molecule has 1 heterocycles. The number of para-hydroxylation sites is 1. The summed E-state index contributed by atoms with van der Waals surface area (Å²) in [5, 5.41) is 2.61. The smallest absolute Gasteiger partial charge is 0.387 e. The van der Waals surface area contributed by atoms with Gasteiger partial charge in [0, 0.05) is 6.61 Å². The van der Waals surface area contributed by atoms with Crippen LogP contribution in [0.3, 0.4) is 0 Å². The predicted molar refractivity (Wildman–Crippen MR) is 85.4 cm³/mol. The molecule has 2 unspecified atom stereocenters. The first-order valence-corrected chi connectivity index (χ1v) is 8.06. The van der Waals surface area contributed by atoms with Gasteiger partial charge in [-0.1, -0.05) is 12.1 Å². The van der Waals surface area contributed by atoms with E-state index in [0.29, 0.717) is 18.8 Å². The van der Waals surface area contributed by atoms with Crippen LogP contribution in [0, 0.1) is 6.92 Å². The van der Waals surface area contributed by atoms with Gasteiger partial charge in [-0.2, -0.15) is 8.78 Å². The third kappa shape index (κ3) is 5.42. The standard InChI is InChI=1S/C17H23F2NO4/c1-11-6-5-8-14(24-17(18)19)15(11)20-16(21)12(2)23-10-13-7-3-4-9-22-13/h5-6,8,12-13,17H,3-4,7,9-10H2,1-2H3,(H,20,21). The number of nitrogens with one attached hydrogen (secondary N) is 1. The molecule has 1 saturated heterocycles. The zero-order valence-electron chi connectivity index (χ0n) is 13.9. The van der Waals surface area contributed by atoms with Crippen molar-refractivity contribution >= 4 is 11.6 Å². The average molecular weight is 343 g/mol. The van der Waals surface area contributed by atoms with E-state index in [9.17, 15) is 13.6 Å². The van der Waals surface area contributed by atoms with E-state index in [0.717, 1.165) is 19.3 Å². The number of aryl methyl sites for hydroxylation is 1. The highest BCUT2D eigenvalue weighted by Crippen LogP contribution is 2.29. The highest BCUT2D eigenvalue weighted by molar-refractivity contribution is 5.96. The van der Waals surface area contributed by atoms with E-state index in [1.54, 1.807) is 26.0 Å². The number of carbonyl (C=O) groups is 1. The van der Waals surface area contributed by atoms with Gasteiger partial charge in [-0.3, -0.25) is 4.79 Å². The van der Waals surface area contributed by atoms with Gasteiger partial charge in [-0.05, 0) is 44.7 Å². The second kappa shape index (κ2) is 8.94. The van der Waals surface area contributed by atoms with Crippen LogP contribution in [-0.2, 0) is 14.3 Å². The van der Waals surface area contributed by atoms with Gasteiger partial charge in [0.25, 0.3) is 5.91 Å². The number of alkyl halides is 2. The Morgan fingerprint density at radius 3 is 2.88 bits per heavy atom. The number of rotatable bonds is 7. The molecule has 0 radical (unpaired) electrons. The third-order valence-corrected chi connectivity index (χ3v) is 3.87. The van der Waals surface area contributed by atoms with Crippen molar-refractivity contribution in [3.05, 3.63) is 23.8 Å². The quantitative estimate of drug-likeness (QED) is 0.823. The van der Waals surface area contributed by atoms with Crippen LogP contribution >= 0.6 is 0 Å². The first-order chi connectivity index (χ1) is 11.5. The van der Waals surface area contributed by atoms with Gasteiger partial charge in [0.15, 0.2) is 0 Å². The maximum absolute atomic E-state index is 12.5. The molecule has 24 heavy (non-hydrogen) atoms. The lowest BCUT2D eigenvalue weighted by molar-refractivity contribution is -0.130. The van der Waals surface area contributed by atoms with Crippen molar-refractivity contribution in [3.63, 3.8) is 0 Å². The number of carbonyl (C=O) groups excluding carboxylic acids is 1. The molecular weight excluding hydrogens is 320 g/mol. The van der Waals surface area contributed by atoms with Gasteiger partial charge < -0.3 is 19.5 Å². The van der Waals surface area contributed by atoms with E-state index in [2.05, 4.69) is 10.1 Å². The van der Waals surface area contributed by atoms with Gasteiger partial charge >= 0.3 is 6.61 Å². The Morgan fingerprint density at radius 1 is 1.42 bits per heavy atom. The first-order valence-electron chi connectivity index (χ1n) is 8.06. The Hall–Kier alpha value is -1.73. The molecule has 1 aromatic carbocycles. The number of ether oxygens (including phenoxy) is 3. The molecule has 1 fully saturated rings. The minimum atomic E-state index is -2.96. The Bertz CT molecular complexity index is 547. The molecule has 0 bridgehead atoms. The van der Waals surface area contributed by atoms with Crippen molar-refractivity contribution in [3.8, 4) is 5.75 Å². The molecule has 1 amide bonds. The normalized spacial score (nSPS) is 19.1. The lowest BCUT2D eigenvalue weighted by Crippen LogP contribution is -2.33. The Kier molecular flexibility index (Phi) is 6.93. The van der Waals surface area contributed by atoms with Crippen molar-refractivity contribution in [2.75, 3.05) is 18.5 Å². The summed E-state index contributed by atoms with van der Waals surface area (Å²) in [4.78, 5) is 12.3. The zero-order chi connectivity index (χ0) is 17.5. The fourth-order valence-electron chi connectivity index (χ4n) is 2.49. The van der Waals surface area contributed by atoms with Crippen LogP contribution in [0.25, 0.3) is 0 Å².